The van der Waals surface area contributed by atoms with Crippen LogP contribution in [0, 0.1) is 0 Å². The van der Waals surface area contributed by atoms with Gasteiger partial charge in [-0.05, 0) is 32.0 Å². The Labute approximate surface area is 123 Å². The van der Waals surface area contributed by atoms with Crippen LogP contribution in [-0.2, 0) is 19.3 Å². The summed E-state index contributed by atoms with van der Waals surface area (Å²) >= 11 is 11.7. The first kappa shape index (κ1) is 16.7. The van der Waals surface area contributed by atoms with E-state index in [4.69, 9.17) is 32.7 Å². The average Bonchev–Trinajstić information content (AvgIpc) is 2.32. The highest BCUT2D eigenvalue weighted by Gasteiger charge is 2.24. The third kappa shape index (κ3) is 4.93. The van der Waals surface area contributed by atoms with Crippen LogP contribution in [0.5, 0.6) is 0 Å². The fraction of sp³-hybridized carbons (Fsp3) is 0.500. The van der Waals surface area contributed by atoms with Crippen LogP contribution in [0.1, 0.15) is 13.8 Å². The van der Waals surface area contributed by atoms with E-state index in [1.54, 1.807) is 13.8 Å². The van der Waals surface area contributed by atoms with Crippen molar-refractivity contribution in [2.75, 3.05) is 19.0 Å². The molecule has 19 heavy (non-hydrogen) atoms. The van der Waals surface area contributed by atoms with Gasteiger partial charge < -0.3 is 9.47 Å². The van der Waals surface area contributed by atoms with Crippen molar-refractivity contribution >= 4 is 33.0 Å². The molecule has 0 saturated carbocycles. The molecular formula is C12H16Cl2O4S. The largest absolute Gasteiger partial charge is 0.352 e. The number of benzene rings is 1. The van der Waals surface area contributed by atoms with Crippen LogP contribution >= 0.6 is 23.2 Å². The summed E-state index contributed by atoms with van der Waals surface area (Å²) in [5, 5.41) is 0.448. The smallest absolute Gasteiger partial charge is 0.184 e. The Bertz CT molecular complexity index is 510. The molecule has 0 aliphatic carbocycles. The zero-order chi connectivity index (χ0) is 14.5. The van der Waals surface area contributed by atoms with Crippen molar-refractivity contribution in [1.82, 2.24) is 0 Å². The Morgan fingerprint density at radius 3 is 2.26 bits per heavy atom. The van der Waals surface area contributed by atoms with Gasteiger partial charge in [0.1, 0.15) is 5.75 Å². The van der Waals surface area contributed by atoms with Crippen molar-refractivity contribution in [2.24, 2.45) is 0 Å². The lowest BCUT2D eigenvalue weighted by atomic mass is 10.4. The Hall–Kier alpha value is -0.330. The van der Waals surface area contributed by atoms with Crippen molar-refractivity contribution < 1.29 is 17.9 Å². The van der Waals surface area contributed by atoms with E-state index in [0.29, 0.717) is 18.2 Å². The van der Waals surface area contributed by atoms with Gasteiger partial charge in [0.25, 0.3) is 0 Å². The first-order valence-corrected chi connectivity index (χ1v) is 8.22. The molecule has 0 fully saturated rings. The topological polar surface area (TPSA) is 52.6 Å². The minimum Gasteiger partial charge on any atom is -0.352 e. The van der Waals surface area contributed by atoms with Crippen LogP contribution in [0.4, 0.5) is 0 Å². The number of rotatable bonds is 7. The highest BCUT2D eigenvalue weighted by Crippen LogP contribution is 2.26. The van der Waals surface area contributed by atoms with E-state index < -0.39 is 16.1 Å². The standard InChI is InChI=1S/C12H16Cl2O4S/c1-3-17-12(18-4-2)8-19(15,16)11-7-9(13)5-6-10(11)14/h5-7,12H,3-4,8H2,1-2H3. The van der Waals surface area contributed by atoms with Crippen LogP contribution in [0.2, 0.25) is 10.0 Å². The second-order valence-corrected chi connectivity index (χ2v) is 6.54. The summed E-state index contributed by atoms with van der Waals surface area (Å²) in [6.07, 6.45) is -0.810. The van der Waals surface area contributed by atoms with Crippen molar-refractivity contribution in [3.63, 3.8) is 0 Å². The quantitative estimate of drug-likeness (QED) is 0.722. The molecule has 1 aromatic rings. The Balaban J connectivity index is 2.99. The minimum absolute atomic E-state index is 0.00827. The highest BCUT2D eigenvalue weighted by atomic mass is 35.5. The van der Waals surface area contributed by atoms with Crippen molar-refractivity contribution in [3.05, 3.63) is 28.2 Å². The first-order valence-electron chi connectivity index (χ1n) is 5.81. The van der Waals surface area contributed by atoms with E-state index >= 15 is 0 Å². The molecule has 0 heterocycles. The molecule has 0 radical (unpaired) electrons. The molecule has 0 aliphatic heterocycles. The van der Waals surface area contributed by atoms with Gasteiger partial charge in [-0.25, -0.2) is 8.42 Å². The number of hydrogen-bond acceptors (Lipinski definition) is 4. The number of sulfone groups is 1. The molecule has 0 aliphatic rings. The second kappa shape index (κ2) is 7.45. The summed E-state index contributed by atoms with van der Waals surface area (Å²) in [5.41, 5.74) is 0. The third-order valence-corrected chi connectivity index (χ3v) is 4.68. The Morgan fingerprint density at radius 1 is 1.16 bits per heavy atom. The molecule has 1 aromatic carbocycles. The molecular weight excluding hydrogens is 311 g/mol. The van der Waals surface area contributed by atoms with Crippen LogP contribution in [-0.4, -0.2) is 33.7 Å². The molecule has 0 amide bonds. The lowest BCUT2D eigenvalue weighted by Gasteiger charge is -2.17. The van der Waals surface area contributed by atoms with E-state index in [9.17, 15) is 8.42 Å². The molecule has 0 bridgehead atoms. The van der Waals surface area contributed by atoms with Gasteiger partial charge in [0.2, 0.25) is 0 Å². The van der Waals surface area contributed by atoms with Crippen molar-refractivity contribution in [2.45, 2.75) is 25.0 Å². The molecule has 1 rings (SSSR count). The van der Waals surface area contributed by atoms with Gasteiger partial charge in [0.05, 0.1) is 9.92 Å². The fourth-order valence-corrected chi connectivity index (χ4v) is 3.61. The normalized spacial score (nSPS) is 12.1. The van der Waals surface area contributed by atoms with Crippen LogP contribution in [0.15, 0.2) is 23.1 Å². The molecule has 0 unspecified atom stereocenters. The molecule has 7 heteroatoms. The van der Waals surface area contributed by atoms with E-state index in [1.807, 2.05) is 0 Å². The van der Waals surface area contributed by atoms with Crippen LogP contribution in [0.25, 0.3) is 0 Å². The average molecular weight is 327 g/mol. The lowest BCUT2D eigenvalue weighted by molar-refractivity contribution is -0.120. The number of ether oxygens (including phenoxy) is 2. The highest BCUT2D eigenvalue weighted by molar-refractivity contribution is 7.91. The van der Waals surface area contributed by atoms with E-state index in [-0.39, 0.29) is 15.7 Å². The monoisotopic (exact) mass is 326 g/mol. The maximum atomic E-state index is 12.3. The summed E-state index contributed by atoms with van der Waals surface area (Å²) in [6, 6.07) is 4.31. The maximum Gasteiger partial charge on any atom is 0.184 e. The summed E-state index contributed by atoms with van der Waals surface area (Å²) < 4.78 is 35.0. The summed E-state index contributed by atoms with van der Waals surface area (Å²) in [7, 11) is -3.62. The van der Waals surface area contributed by atoms with Crippen molar-refractivity contribution in [3.8, 4) is 0 Å². The lowest BCUT2D eigenvalue weighted by Crippen LogP contribution is -2.27. The molecule has 0 atom stereocenters. The first-order chi connectivity index (χ1) is 8.90. The predicted octanol–water partition coefficient (Wildman–Crippen LogP) is 3.17. The third-order valence-electron chi connectivity index (χ3n) is 2.29. The maximum absolute atomic E-state index is 12.3. The van der Waals surface area contributed by atoms with E-state index in [2.05, 4.69) is 0 Å². The van der Waals surface area contributed by atoms with Gasteiger partial charge in [0.15, 0.2) is 16.1 Å². The van der Waals surface area contributed by atoms with E-state index in [1.165, 1.54) is 18.2 Å². The van der Waals surface area contributed by atoms with Gasteiger partial charge >= 0.3 is 0 Å². The number of hydrogen-bond donors (Lipinski definition) is 0. The summed E-state index contributed by atoms with van der Waals surface area (Å²) in [5.74, 6) is -0.297. The minimum atomic E-state index is -3.62. The fourth-order valence-electron chi connectivity index (χ4n) is 1.50. The van der Waals surface area contributed by atoms with Crippen LogP contribution < -0.4 is 0 Å². The van der Waals surface area contributed by atoms with Crippen molar-refractivity contribution in [1.29, 1.82) is 0 Å². The number of halogens is 2. The second-order valence-electron chi connectivity index (χ2n) is 3.70. The zero-order valence-electron chi connectivity index (χ0n) is 10.7. The summed E-state index contributed by atoms with van der Waals surface area (Å²) in [4.78, 5) is -0.00827. The van der Waals surface area contributed by atoms with Gasteiger partial charge in [-0.1, -0.05) is 23.2 Å². The van der Waals surface area contributed by atoms with E-state index in [0.717, 1.165) is 0 Å². The Kier molecular flexibility index (Phi) is 6.56. The Morgan fingerprint density at radius 2 is 1.74 bits per heavy atom. The zero-order valence-corrected chi connectivity index (χ0v) is 13.1. The predicted molar refractivity (Wildman–Crippen MR) is 75.6 cm³/mol. The molecule has 0 spiro atoms. The molecule has 0 aromatic heterocycles. The molecule has 4 nitrogen and oxygen atoms in total. The van der Waals surface area contributed by atoms with Gasteiger partial charge in [0, 0.05) is 18.2 Å². The van der Waals surface area contributed by atoms with Gasteiger partial charge in [-0.3, -0.25) is 0 Å². The molecule has 0 N–H and O–H groups in total. The van der Waals surface area contributed by atoms with Crippen LogP contribution in [0.3, 0.4) is 0 Å². The van der Waals surface area contributed by atoms with Gasteiger partial charge in [-0.2, -0.15) is 0 Å². The van der Waals surface area contributed by atoms with Gasteiger partial charge in [-0.15, -0.1) is 0 Å². The molecule has 0 saturated heterocycles. The summed E-state index contributed by atoms with van der Waals surface area (Å²) in [6.45, 7) is 4.27. The SMILES string of the molecule is CCOC(CS(=O)(=O)c1cc(Cl)ccc1Cl)OCC. The molecule has 108 valence electrons.